The average Bonchev–Trinajstić information content (AvgIpc) is 2.05. The van der Waals surface area contributed by atoms with Gasteiger partial charge < -0.3 is 4.74 Å². The van der Waals surface area contributed by atoms with E-state index in [1.165, 1.54) is 10.5 Å². The summed E-state index contributed by atoms with van der Waals surface area (Å²) in [5.41, 5.74) is 1.30. The number of rotatable bonds is 2. The summed E-state index contributed by atoms with van der Waals surface area (Å²) in [6, 6.07) is 6.11. The van der Waals surface area contributed by atoms with Gasteiger partial charge in [0.25, 0.3) is 0 Å². The maximum Gasteiger partial charge on any atom is 0.119 e. The van der Waals surface area contributed by atoms with Gasteiger partial charge in [-0.25, -0.2) is 0 Å². The van der Waals surface area contributed by atoms with Crippen LogP contribution >= 0.6 is 11.8 Å². The molecule has 0 N–H and O–H groups in total. The van der Waals surface area contributed by atoms with Crippen LogP contribution in [0, 0.1) is 6.92 Å². The Labute approximate surface area is 71.8 Å². The lowest BCUT2D eigenvalue weighted by atomic mass is 10.2. The van der Waals surface area contributed by atoms with Gasteiger partial charge in [-0.1, -0.05) is 6.07 Å². The molecular weight excluding hydrogens is 157 g/mol. The van der Waals surface area contributed by atoms with Gasteiger partial charge in [0.05, 0.1) is 7.11 Å². The molecule has 60 valence electrons. The van der Waals surface area contributed by atoms with Crippen molar-refractivity contribution in [3.8, 4) is 5.75 Å². The van der Waals surface area contributed by atoms with E-state index in [2.05, 4.69) is 25.3 Å². The Kier molecular flexibility index (Phi) is 2.83. The SMILES string of the molecule is COc1ccc(C)c(S[13CH3])c1. The lowest BCUT2D eigenvalue weighted by molar-refractivity contribution is 0.413. The number of ether oxygens (including phenoxy) is 1. The van der Waals surface area contributed by atoms with Crippen LogP contribution < -0.4 is 4.74 Å². The fourth-order valence-corrected chi connectivity index (χ4v) is 1.55. The first-order chi connectivity index (χ1) is 5.27. The Morgan fingerprint density at radius 1 is 1.36 bits per heavy atom. The van der Waals surface area contributed by atoms with Gasteiger partial charge in [-0.05, 0) is 30.9 Å². The summed E-state index contributed by atoms with van der Waals surface area (Å²) in [6.45, 7) is 2.10. The van der Waals surface area contributed by atoms with E-state index in [4.69, 9.17) is 4.74 Å². The molecule has 0 heterocycles. The first-order valence-electron chi connectivity index (χ1n) is 3.46. The highest BCUT2D eigenvalue weighted by molar-refractivity contribution is 7.98. The summed E-state index contributed by atoms with van der Waals surface area (Å²) < 4.78 is 5.10. The zero-order valence-corrected chi connectivity index (χ0v) is 7.87. The monoisotopic (exact) mass is 169 g/mol. The standard InChI is InChI=1S/C9H12OS/c1-7-4-5-8(10-2)6-9(7)11-3/h4-6H,1-3H3/i3+1. The van der Waals surface area contributed by atoms with Gasteiger partial charge in [0.15, 0.2) is 0 Å². The normalized spacial score (nSPS) is 9.73. The topological polar surface area (TPSA) is 9.23 Å². The molecule has 2 heteroatoms. The van der Waals surface area contributed by atoms with Gasteiger partial charge >= 0.3 is 0 Å². The molecule has 0 amide bonds. The van der Waals surface area contributed by atoms with E-state index in [0.717, 1.165) is 5.75 Å². The summed E-state index contributed by atoms with van der Waals surface area (Å²) in [5.74, 6) is 0.931. The van der Waals surface area contributed by atoms with E-state index in [0.29, 0.717) is 0 Å². The van der Waals surface area contributed by atoms with E-state index in [-0.39, 0.29) is 0 Å². The Bertz CT molecular complexity index is 245. The number of thioether (sulfide) groups is 1. The first kappa shape index (κ1) is 8.47. The zero-order chi connectivity index (χ0) is 8.27. The van der Waals surface area contributed by atoms with Gasteiger partial charge in [-0.15, -0.1) is 11.8 Å². The Morgan fingerprint density at radius 2 is 2.09 bits per heavy atom. The number of aryl methyl sites for hydroxylation is 1. The molecule has 1 aromatic carbocycles. The van der Waals surface area contributed by atoms with Crippen LogP contribution in [0.3, 0.4) is 0 Å². The maximum absolute atomic E-state index is 5.10. The highest BCUT2D eigenvalue weighted by atomic mass is 32.2. The molecule has 0 aliphatic rings. The van der Waals surface area contributed by atoms with Crippen molar-refractivity contribution in [1.82, 2.24) is 0 Å². The lowest BCUT2D eigenvalue weighted by Crippen LogP contribution is -1.84. The molecule has 0 saturated carbocycles. The van der Waals surface area contributed by atoms with Crippen LogP contribution in [0.1, 0.15) is 5.56 Å². The van der Waals surface area contributed by atoms with Crippen LogP contribution in [0.4, 0.5) is 0 Å². The van der Waals surface area contributed by atoms with E-state index in [1.807, 2.05) is 6.07 Å². The van der Waals surface area contributed by atoms with Crippen LogP contribution in [0.2, 0.25) is 0 Å². The van der Waals surface area contributed by atoms with Crippen LogP contribution in [-0.4, -0.2) is 13.4 Å². The van der Waals surface area contributed by atoms with E-state index in [1.54, 1.807) is 18.9 Å². The van der Waals surface area contributed by atoms with Crippen molar-refractivity contribution in [2.24, 2.45) is 0 Å². The number of benzene rings is 1. The molecule has 0 aliphatic carbocycles. The average molecular weight is 169 g/mol. The summed E-state index contributed by atoms with van der Waals surface area (Å²) in [7, 11) is 1.69. The summed E-state index contributed by atoms with van der Waals surface area (Å²) in [4.78, 5) is 1.28. The van der Waals surface area contributed by atoms with E-state index >= 15 is 0 Å². The molecule has 0 unspecified atom stereocenters. The van der Waals surface area contributed by atoms with Gasteiger partial charge in [-0.2, -0.15) is 0 Å². The Morgan fingerprint density at radius 3 is 2.64 bits per heavy atom. The number of methoxy groups -OCH3 is 1. The Balaban J connectivity index is 3.02. The van der Waals surface area contributed by atoms with Crippen molar-refractivity contribution in [3.63, 3.8) is 0 Å². The molecule has 0 aromatic heterocycles. The molecule has 1 nitrogen and oxygen atoms in total. The van der Waals surface area contributed by atoms with Crippen molar-refractivity contribution in [1.29, 1.82) is 0 Å². The first-order valence-corrected chi connectivity index (χ1v) is 4.69. The highest BCUT2D eigenvalue weighted by Crippen LogP contribution is 2.24. The lowest BCUT2D eigenvalue weighted by Gasteiger charge is -2.04. The minimum atomic E-state index is 0.931. The Hall–Kier alpha value is -0.630. The van der Waals surface area contributed by atoms with Gasteiger partial charge in [-0.3, -0.25) is 0 Å². The predicted molar refractivity (Wildman–Crippen MR) is 49.5 cm³/mol. The fraction of sp³-hybridized carbons (Fsp3) is 0.333. The largest absolute Gasteiger partial charge is 0.497 e. The molecule has 0 saturated heterocycles. The zero-order valence-electron chi connectivity index (χ0n) is 7.05. The van der Waals surface area contributed by atoms with Crippen LogP contribution in [0.5, 0.6) is 5.75 Å². The molecule has 11 heavy (non-hydrogen) atoms. The summed E-state index contributed by atoms with van der Waals surface area (Å²) >= 11 is 1.74. The molecule has 0 spiro atoms. The number of hydrogen-bond donors (Lipinski definition) is 0. The molecule has 0 radical (unpaired) electrons. The molecular formula is C9H12OS. The van der Waals surface area contributed by atoms with Crippen molar-refractivity contribution in [2.45, 2.75) is 11.8 Å². The number of hydrogen-bond acceptors (Lipinski definition) is 2. The van der Waals surface area contributed by atoms with Crippen molar-refractivity contribution in [2.75, 3.05) is 13.4 Å². The fourth-order valence-electron chi connectivity index (χ4n) is 0.927. The van der Waals surface area contributed by atoms with E-state index < -0.39 is 0 Å². The highest BCUT2D eigenvalue weighted by Gasteiger charge is 1.97. The second-order valence-corrected chi connectivity index (χ2v) is 3.18. The molecule has 0 atom stereocenters. The third-order valence-electron chi connectivity index (χ3n) is 1.62. The third-order valence-corrected chi connectivity index (χ3v) is 2.49. The molecule has 0 fully saturated rings. The predicted octanol–water partition coefficient (Wildman–Crippen LogP) is 2.73. The third kappa shape index (κ3) is 1.90. The quantitative estimate of drug-likeness (QED) is 0.497. The smallest absolute Gasteiger partial charge is 0.119 e. The summed E-state index contributed by atoms with van der Waals surface area (Å²) in [5, 5.41) is 0. The van der Waals surface area contributed by atoms with Crippen molar-refractivity contribution >= 4 is 11.8 Å². The van der Waals surface area contributed by atoms with Crippen molar-refractivity contribution < 1.29 is 4.74 Å². The van der Waals surface area contributed by atoms with Crippen LogP contribution in [0.15, 0.2) is 23.1 Å². The van der Waals surface area contributed by atoms with Crippen LogP contribution in [-0.2, 0) is 0 Å². The molecule has 1 rings (SSSR count). The van der Waals surface area contributed by atoms with Crippen molar-refractivity contribution in [3.05, 3.63) is 23.8 Å². The molecule has 1 aromatic rings. The molecule has 0 bridgehead atoms. The second-order valence-electron chi connectivity index (χ2n) is 2.34. The minimum absolute atomic E-state index is 0.931. The minimum Gasteiger partial charge on any atom is -0.497 e. The van der Waals surface area contributed by atoms with Crippen LogP contribution in [0.25, 0.3) is 0 Å². The van der Waals surface area contributed by atoms with Gasteiger partial charge in [0, 0.05) is 4.90 Å². The second kappa shape index (κ2) is 3.67. The van der Waals surface area contributed by atoms with Gasteiger partial charge in [0.1, 0.15) is 5.75 Å². The molecule has 0 aliphatic heterocycles. The van der Waals surface area contributed by atoms with E-state index in [9.17, 15) is 0 Å². The summed E-state index contributed by atoms with van der Waals surface area (Å²) in [6.07, 6.45) is 2.07. The van der Waals surface area contributed by atoms with Gasteiger partial charge in [0.2, 0.25) is 0 Å². The maximum atomic E-state index is 5.10.